The van der Waals surface area contributed by atoms with Gasteiger partial charge in [-0.05, 0) is 36.4 Å². The molecule has 1 aliphatic rings. The second-order valence-electron chi connectivity index (χ2n) is 5.61. The summed E-state index contributed by atoms with van der Waals surface area (Å²) in [5.74, 6) is -0.670. The van der Waals surface area contributed by atoms with Gasteiger partial charge in [0.05, 0.1) is 11.2 Å². The van der Waals surface area contributed by atoms with Crippen molar-refractivity contribution in [2.45, 2.75) is 6.42 Å². The molecule has 1 fully saturated rings. The molecule has 0 radical (unpaired) electrons. The van der Waals surface area contributed by atoms with Gasteiger partial charge in [-0.15, -0.1) is 0 Å². The number of hydrogen-bond donors (Lipinski definition) is 2. The molecule has 0 aliphatic carbocycles. The Labute approximate surface area is 175 Å². The predicted molar refractivity (Wildman–Crippen MR) is 110 cm³/mol. The smallest absolute Gasteiger partial charge is 0.269 e. The summed E-state index contributed by atoms with van der Waals surface area (Å²) >= 11 is 12.1. The highest BCUT2D eigenvalue weighted by molar-refractivity contribution is 8.26. The maximum atomic E-state index is 12.4. The standard InChI is InChI=1S/C18H14ClN3O4S2/c19-12-5-3-11(4-6-12)16(24)21-20-15(23)7-8-22-17(25)14(28-18(22)27)10-13-2-1-9-26-13/h1-6,9-10H,7-8H2,(H,20,23)(H,21,24). The number of hydrazine groups is 1. The van der Waals surface area contributed by atoms with E-state index in [1.54, 1.807) is 30.3 Å². The van der Waals surface area contributed by atoms with E-state index in [-0.39, 0.29) is 18.9 Å². The van der Waals surface area contributed by atoms with Crippen molar-refractivity contribution in [3.8, 4) is 0 Å². The Morgan fingerprint density at radius 3 is 2.64 bits per heavy atom. The van der Waals surface area contributed by atoms with E-state index < -0.39 is 11.8 Å². The molecule has 0 saturated carbocycles. The monoisotopic (exact) mass is 435 g/mol. The Morgan fingerprint density at radius 1 is 1.21 bits per heavy atom. The summed E-state index contributed by atoms with van der Waals surface area (Å²) in [5, 5.41) is 0.505. The molecule has 3 amide bonds. The van der Waals surface area contributed by atoms with Crippen molar-refractivity contribution in [1.29, 1.82) is 0 Å². The van der Waals surface area contributed by atoms with E-state index in [4.69, 9.17) is 28.2 Å². The summed E-state index contributed by atoms with van der Waals surface area (Å²) in [6.45, 7) is 0.100. The largest absolute Gasteiger partial charge is 0.465 e. The van der Waals surface area contributed by atoms with E-state index in [1.807, 2.05) is 0 Å². The number of nitrogens with one attached hydrogen (secondary N) is 2. The Balaban J connectivity index is 1.49. The molecule has 1 aromatic carbocycles. The SMILES string of the molecule is O=C(CCN1C(=O)C(=Cc2ccco2)SC1=S)NNC(=O)c1ccc(Cl)cc1. The van der Waals surface area contributed by atoms with Crippen molar-refractivity contribution < 1.29 is 18.8 Å². The van der Waals surface area contributed by atoms with Crippen molar-refractivity contribution in [3.05, 3.63) is 63.9 Å². The zero-order valence-electron chi connectivity index (χ0n) is 14.3. The van der Waals surface area contributed by atoms with Crippen LogP contribution in [-0.2, 0) is 9.59 Å². The first-order chi connectivity index (χ1) is 13.4. The number of hydrogen-bond acceptors (Lipinski definition) is 6. The van der Waals surface area contributed by atoms with Crippen molar-refractivity contribution >= 4 is 63.7 Å². The van der Waals surface area contributed by atoms with Crippen molar-refractivity contribution in [1.82, 2.24) is 15.8 Å². The van der Waals surface area contributed by atoms with Crippen LogP contribution in [0.5, 0.6) is 0 Å². The van der Waals surface area contributed by atoms with Gasteiger partial charge in [-0.1, -0.05) is 35.6 Å². The fourth-order valence-electron chi connectivity index (χ4n) is 2.27. The van der Waals surface area contributed by atoms with Crippen LogP contribution in [0.3, 0.4) is 0 Å². The number of benzene rings is 1. The Bertz CT molecular complexity index is 942. The van der Waals surface area contributed by atoms with Gasteiger partial charge in [-0.3, -0.25) is 30.1 Å². The Morgan fingerprint density at radius 2 is 1.96 bits per heavy atom. The molecule has 0 atom stereocenters. The van der Waals surface area contributed by atoms with Gasteiger partial charge in [-0.25, -0.2) is 0 Å². The van der Waals surface area contributed by atoms with Gasteiger partial charge in [-0.2, -0.15) is 0 Å². The molecule has 2 aromatic rings. The number of thiocarbonyl (C=S) groups is 1. The molecule has 1 saturated heterocycles. The summed E-state index contributed by atoms with van der Waals surface area (Å²) in [7, 11) is 0. The molecule has 2 N–H and O–H groups in total. The third-order valence-electron chi connectivity index (χ3n) is 3.67. The van der Waals surface area contributed by atoms with Crippen LogP contribution >= 0.6 is 35.6 Å². The maximum absolute atomic E-state index is 12.4. The van der Waals surface area contributed by atoms with Gasteiger partial charge in [0.25, 0.3) is 11.8 Å². The average Bonchev–Trinajstić information content (AvgIpc) is 3.27. The highest BCUT2D eigenvalue weighted by Gasteiger charge is 2.32. The maximum Gasteiger partial charge on any atom is 0.269 e. The van der Waals surface area contributed by atoms with Crippen LogP contribution in [0.4, 0.5) is 0 Å². The Hall–Kier alpha value is -2.62. The summed E-state index contributed by atoms with van der Waals surface area (Å²) in [4.78, 5) is 38.1. The van der Waals surface area contributed by atoms with Crippen LogP contribution < -0.4 is 10.9 Å². The van der Waals surface area contributed by atoms with Crippen LogP contribution in [0.1, 0.15) is 22.5 Å². The highest BCUT2D eigenvalue weighted by atomic mass is 35.5. The summed E-state index contributed by atoms with van der Waals surface area (Å²) in [6.07, 6.45) is 3.09. The second-order valence-corrected chi connectivity index (χ2v) is 7.72. The third-order valence-corrected chi connectivity index (χ3v) is 5.30. The molecule has 144 valence electrons. The zero-order chi connectivity index (χ0) is 20.1. The molecule has 1 aliphatic heterocycles. The number of furan rings is 1. The third kappa shape index (κ3) is 5.00. The first-order valence-electron chi connectivity index (χ1n) is 8.07. The topological polar surface area (TPSA) is 91.7 Å². The predicted octanol–water partition coefficient (Wildman–Crippen LogP) is 2.99. The minimum Gasteiger partial charge on any atom is -0.465 e. The lowest BCUT2D eigenvalue weighted by atomic mass is 10.2. The van der Waals surface area contributed by atoms with Gasteiger partial charge < -0.3 is 4.42 Å². The van der Waals surface area contributed by atoms with Gasteiger partial charge in [0.2, 0.25) is 5.91 Å². The fourth-order valence-corrected chi connectivity index (χ4v) is 3.69. The molecule has 0 unspecified atom stereocenters. The number of rotatable bonds is 5. The molecule has 10 heteroatoms. The van der Waals surface area contributed by atoms with Crippen molar-refractivity contribution in [2.24, 2.45) is 0 Å². The van der Waals surface area contributed by atoms with Gasteiger partial charge in [0.1, 0.15) is 10.1 Å². The number of thioether (sulfide) groups is 1. The normalized spacial score (nSPS) is 15.2. The van der Waals surface area contributed by atoms with Gasteiger partial charge in [0, 0.05) is 29.6 Å². The fraction of sp³-hybridized carbons (Fsp3) is 0.111. The van der Waals surface area contributed by atoms with Crippen LogP contribution in [0, 0.1) is 0 Å². The summed E-state index contributed by atoms with van der Waals surface area (Å²) in [5.41, 5.74) is 4.97. The lowest BCUT2D eigenvalue weighted by Gasteiger charge is -2.14. The zero-order valence-corrected chi connectivity index (χ0v) is 16.7. The Kier molecular flexibility index (Phi) is 6.50. The lowest BCUT2D eigenvalue weighted by molar-refractivity contribution is -0.124. The molecule has 3 rings (SSSR count). The van der Waals surface area contributed by atoms with Gasteiger partial charge >= 0.3 is 0 Å². The molecular formula is C18H14ClN3O4S2. The first kappa shape index (κ1) is 20.1. The van der Waals surface area contributed by atoms with E-state index in [1.165, 1.54) is 23.3 Å². The van der Waals surface area contributed by atoms with Crippen molar-refractivity contribution in [2.75, 3.05) is 6.54 Å². The number of halogens is 1. The molecule has 2 heterocycles. The number of amides is 3. The van der Waals surface area contributed by atoms with Crippen LogP contribution in [0.2, 0.25) is 5.02 Å². The van der Waals surface area contributed by atoms with Crippen LogP contribution in [0.15, 0.2) is 52.0 Å². The quantitative estimate of drug-likeness (QED) is 0.426. The van der Waals surface area contributed by atoms with E-state index in [0.717, 1.165) is 11.8 Å². The molecule has 1 aromatic heterocycles. The van der Waals surface area contributed by atoms with E-state index in [2.05, 4.69) is 10.9 Å². The van der Waals surface area contributed by atoms with Gasteiger partial charge in [0.15, 0.2) is 0 Å². The molecule has 0 bridgehead atoms. The molecular weight excluding hydrogens is 422 g/mol. The number of nitrogens with zero attached hydrogens (tertiary/aromatic N) is 1. The highest BCUT2D eigenvalue weighted by Crippen LogP contribution is 2.32. The summed E-state index contributed by atoms with van der Waals surface area (Å²) < 4.78 is 5.56. The lowest BCUT2D eigenvalue weighted by Crippen LogP contribution is -2.43. The number of carbonyl (C=O) groups excluding carboxylic acids is 3. The molecule has 28 heavy (non-hydrogen) atoms. The van der Waals surface area contributed by atoms with Crippen LogP contribution in [0.25, 0.3) is 6.08 Å². The number of carbonyl (C=O) groups is 3. The second kappa shape index (κ2) is 9.05. The first-order valence-corrected chi connectivity index (χ1v) is 9.68. The minimum absolute atomic E-state index is 0.0264. The van der Waals surface area contributed by atoms with E-state index in [9.17, 15) is 14.4 Å². The molecule has 7 nitrogen and oxygen atoms in total. The van der Waals surface area contributed by atoms with E-state index >= 15 is 0 Å². The minimum atomic E-state index is -0.475. The average molecular weight is 436 g/mol. The van der Waals surface area contributed by atoms with E-state index in [0.29, 0.717) is 25.6 Å². The van der Waals surface area contributed by atoms with Crippen LogP contribution in [-0.4, -0.2) is 33.5 Å². The summed E-state index contributed by atoms with van der Waals surface area (Å²) in [6, 6.07) is 9.66. The molecule has 0 spiro atoms. The van der Waals surface area contributed by atoms with Crippen molar-refractivity contribution in [3.63, 3.8) is 0 Å².